The van der Waals surface area contributed by atoms with E-state index < -0.39 is 0 Å². The molecule has 1 unspecified atom stereocenters. The van der Waals surface area contributed by atoms with E-state index in [4.69, 9.17) is 4.74 Å². The molecule has 1 aromatic rings. The van der Waals surface area contributed by atoms with E-state index in [1.165, 1.54) is 0 Å². The van der Waals surface area contributed by atoms with Crippen LogP contribution in [0.3, 0.4) is 0 Å². The third kappa shape index (κ3) is 3.07. The van der Waals surface area contributed by atoms with Crippen LogP contribution in [0.4, 0.5) is 0 Å². The van der Waals surface area contributed by atoms with Gasteiger partial charge in [0.2, 0.25) is 0 Å². The van der Waals surface area contributed by atoms with E-state index in [-0.39, 0.29) is 11.0 Å². The Morgan fingerprint density at radius 2 is 2.00 bits per heavy atom. The number of hydrogen-bond donors (Lipinski definition) is 1. The minimum absolute atomic E-state index is 0.0354. The molecule has 3 heteroatoms. The maximum atomic E-state index is 10.9. The van der Waals surface area contributed by atoms with Crippen LogP contribution < -0.4 is 4.74 Å². The first kappa shape index (κ1) is 11.1. The molecule has 0 aromatic heterocycles. The highest BCUT2D eigenvalue weighted by atomic mass is 32.1. The van der Waals surface area contributed by atoms with E-state index in [1.807, 2.05) is 31.2 Å². The molecule has 0 aliphatic heterocycles. The molecular weight excluding hydrogens is 196 g/mol. The van der Waals surface area contributed by atoms with E-state index in [9.17, 15) is 4.79 Å². The summed E-state index contributed by atoms with van der Waals surface area (Å²) in [5.74, 6) is 0.797. The molecule has 0 heterocycles. The Labute approximate surface area is 89.7 Å². The zero-order valence-electron chi connectivity index (χ0n) is 8.36. The van der Waals surface area contributed by atoms with Gasteiger partial charge < -0.3 is 4.74 Å². The minimum atomic E-state index is -0.0687. The van der Waals surface area contributed by atoms with Gasteiger partial charge in [-0.3, -0.25) is 4.79 Å². The van der Waals surface area contributed by atoms with Crippen LogP contribution in [0.2, 0.25) is 0 Å². The lowest BCUT2D eigenvalue weighted by atomic mass is 10.0. The number of methoxy groups -OCH3 is 1. The van der Waals surface area contributed by atoms with E-state index >= 15 is 0 Å². The maximum Gasteiger partial charge on any atom is 0.189 e. The predicted octanol–water partition coefficient (Wildman–Crippen LogP) is 2.33. The Hall–Kier alpha value is -0.960. The zero-order chi connectivity index (χ0) is 10.6. The highest BCUT2D eigenvalue weighted by molar-refractivity contribution is 7.96. The van der Waals surface area contributed by atoms with Crippen molar-refractivity contribution in [1.82, 2.24) is 0 Å². The van der Waals surface area contributed by atoms with Gasteiger partial charge in [0.25, 0.3) is 0 Å². The molecule has 1 atom stereocenters. The van der Waals surface area contributed by atoms with Gasteiger partial charge in [0, 0.05) is 5.92 Å². The smallest absolute Gasteiger partial charge is 0.189 e. The molecule has 76 valence electrons. The summed E-state index contributed by atoms with van der Waals surface area (Å²) in [6, 6.07) is 7.72. The summed E-state index contributed by atoms with van der Waals surface area (Å²) in [5, 5.41) is -0.0687. The molecule has 0 amide bonds. The quantitative estimate of drug-likeness (QED) is 0.772. The van der Waals surface area contributed by atoms with E-state index in [1.54, 1.807) is 7.11 Å². The first-order chi connectivity index (χ1) is 6.63. The van der Waals surface area contributed by atoms with Crippen molar-refractivity contribution in [3.8, 4) is 5.75 Å². The van der Waals surface area contributed by atoms with Crippen LogP contribution in [0.15, 0.2) is 24.3 Å². The summed E-state index contributed by atoms with van der Waals surface area (Å²) < 4.78 is 5.04. The van der Waals surface area contributed by atoms with E-state index in [0.717, 1.165) is 17.7 Å². The third-order valence-electron chi connectivity index (χ3n) is 2.12. The second-order valence-corrected chi connectivity index (χ2v) is 3.73. The maximum absolute atomic E-state index is 10.9. The molecule has 0 saturated carbocycles. The highest BCUT2D eigenvalue weighted by Crippen LogP contribution is 2.15. The summed E-state index contributed by atoms with van der Waals surface area (Å²) in [7, 11) is 1.63. The van der Waals surface area contributed by atoms with Crippen LogP contribution in [0.25, 0.3) is 0 Å². The topological polar surface area (TPSA) is 26.3 Å². The number of ether oxygens (including phenoxy) is 1. The molecule has 0 bridgehead atoms. The van der Waals surface area contributed by atoms with Crippen LogP contribution in [0.5, 0.6) is 5.75 Å². The molecule has 0 N–H and O–H groups in total. The average Bonchev–Trinajstić information content (AvgIpc) is 2.19. The second-order valence-electron chi connectivity index (χ2n) is 3.29. The first-order valence-electron chi connectivity index (χ1n) is 4.49. The Bertz CT molecular complexity index is 306. The fraction of sp³-hybridized carbons (Fsp3) is 0.364. The van der Waals surface area contributed by atoms with Gasteiger partial charge in [-0.25, -0.2) is 0 Å². The molecular formula is C11H14O2S. The first-order valence-corrected chi connectivity index (χ1v) is 4.94. The van der Waals surface area contributed by atoms with Gasteiger partial charge in [-0.15, -0.1) is 12.6 Å². The fourth-order valence-corrected chi connectivity index (χ4v) is 1.29. The third-order valence-corrected chi connectivity index (χ3v) is 2.56. The van der Waals surface area contributed by atoms with Crippen LogP contribution in [0.1, 0.15) is 12.5 Å². The summed E-state index contributed by atoms with van der Waals surface area (Å²) in [6.45, 7) is 1.87. The van der Waals surface area contributed by atoms with Gasteiger partial charge in [-0.2, -0.15) is 0 Å². The summed E-state index contributed by atoms with van der Waals surface area (Å²) >= 11 is 3.80. The molecule has 0 radical (unpaired) electrons. The molecule has 0 aliphatic rings. The van der Waals surface area contributed by atoms with Crippen molar-refractivity contribution in [2.24, 2.45) is 5.92 Å². The van der Waals surface area contributed by atoms with Crippen molar-refractivity contribution in [3.05, 3.63) is 29.8 Å². The average molecular weight is 210 g/mol. The Morgan fingerprint density at radius 1 is 1.43 bits per heavy atom. The number of rotatable bonds is 4. The number of thiol groups is 1. The summed E-state index contributed by atoms with van der Waals surface area (Å²) in [6.07, 6.45) is 0.728. The fourth-order valence-electron chi connectivity index (χ4n) is 1.20. The van der Waals surface area contributed by atoms with E-state index in [0.29, 0.717) is 0 Å². The Kier molecular flexibility index (Phi) is 4.01. The van der Waals surface area contributed by atoms with Gasteiger partial charge in [-0.1, -0.05) is 19.1 Å². The number of carbonyl (C=O) groups is 1. The molecule has 0 spiro atoms. The van der Waals surface area contributed by atoms with Crippen molar-refractivity contribution in [1.29, 1.82) is 0 Å². The van der Waals surface area contributed by atoms with Crippen molar-refractivity contribution in [2.45, 2.75) is 13.3 Å². The van der Waals surface area contributed by atoms with Gasteiger partial charge in [0.15, 0.2) is 5.12 Å². The van der Waals surface area contributed by atoms with E-state index in [2.05, 4.69) is 12.6 Å². The normalized spacial score (nSPS) is 12.2. The van der Waals surface area contributed by atoms with Gasteiger partial charge in [0.1, 0.15) is 5.75 Å². The van der Waals surface area contributed by atoms with Gasteiger partial charge in [0.05, 0.1) is 7.11 Å². The summed E-state index contributed by atoms with van der Waals surface area (Å²) in [5.41, 5.74) is 1.13. The molecule has 0 aliphatic carbocycles. The predicted molar refractivity (Wildman–Crippen MR) is 59.9 cm³/mol. The van der Waals surface area contributed by atoms with Crippen LogP contribution in [-0.4, -0.2) is 12.2 Å². The molecule has 2 nitrogen and oxygen atoms in total. The molecule has 1 aromatic carbocycles. The number of hydrogen-bond acceptors (Lipinski definition) is 2. The zero-order valence-corrected chi connectivity index (χ0v) is 9.25. The SMILES string of the molecule is COc1ccc(CC(C)C(=O)S)cc1. The lowest BCUT2D eigenvalue weighted by molar-refractivity contribution is -0.113. The highest BCUT2D eigenvalue weighted by Gasteiger charge is 2.08. The molecule has 14 heavy (non-hydrogen) atoms. The lowest BCUT2D eigenvalue weighted by Crippen LogP contribution is -2.07. The van der Waals surface area contributed by atoms with Gasteiger partial charge in [-0.05, 0) is 24.1 Å². The molecule has 1 rings (SSSR count). The van der Waals surface area contributed by atoms with Crippen molar-refractivity contribution < 1.29 is 9.53 Å². The largest absolute Gasteiger partial charge is 0.497 e. The van der Waals surface area contributed by atoms with Crippen LogP contribution >= 0.6 is 12.6 Å². The van der Waals surface area contributed by atoms with Crippen LogP contribution in [0, 0.1) is 5.92 Å². The van der Waals surface area contributed by atoms with Crippen LogP contribution in [-0.2, 0) is 11.2 Å². The monoisotopic (exact) mass is 210 g/mol. The number of carbonyl (C=O) groups excluding carboxylic acids is 1. The summed E-state index contributed by atoms with van der Waals surface area (Å²) in [4.78, 5) is 10.9. The minimum Gasteiger partial charge on any atom is -0.497 e. The Balaban J connectivity index is 2.64. The lowest BCUT2D eigenvalue weighted by Gasteiger charge is -2.07. The second kappa shape index (κ2) is 5.05. The van der Waals surface area contributed by atoms with Crippen molar-refractivity contribution >= 4 is 17.7 Å². The molecule has 0 fully saturated rings. The molecule has 0 saturated heterocycles. The Morgan fingerprint density at radius 3 is 2.43 bits per heavy atom. The van der Waals surface area contributed by atoms with Crippen molar-refractivity contribution in [2.75, 3.05) is 7.11 Å². The standard InChI is InChI=1S/C11H14O2S/c1-8(11(12)14)7-9-3-5-10(13-2)6-4-9/h3-6,8H,7H2,1-2H3,(H,12,14). The van der Waals surface area contributed by atoms with Gasteiger partial charge >= 0.3 is 0 Å². The van der Waals surface area contributed by atoms with Crippen molar-refractivity contribution in [3.63, 3.8) is 0 Å². The number of benzene rings is 1.